The zero-order valence-corrected chi connectivity index (χ0v) is 8.34. The number of rotatable bonds is 5. The van der Waals surface area contributed by atoms with Crippen LogP contribution in [0.2, 0.25) is 0 Å². The predicted molar refractivity (Wildman–Crippen MR) is 48.1 cm³/mol. The van der Waals surface area contributed by atoms with Gasteiger partial charge in [0.2, 0.25) is 0 Å². The minimum atomic E-state index is 0.393. The molecule has 74 valence electrons. The minimum Gasteiger partial charge on any atom is -0.468 e. The van der Waals surface area contributed by atoms with Gasteiger partial charge in [-0.25, -0.2) is 5.26 Å². The van der Waals surface area contributed by atoms with Crippen LogP contribution in [0, 0.1) is 0 Å². The Morgan fingerprint density at radius 1 is 1.69 bits per heavy atom. The molecule has 1 aromatic heterocycles. The topological polar surface area (TPSA) is 51.8 Å². The molecule has 4 nitrogen and oxygen atoms in total. The van der Waals surface area contributed by atoms with Crippen molar-refractivity contribution in [3.8, 4) is 0 Å². The van der Waals surface area contributed by atoms with Gasteiger partial charge in [-0.2, -0.15) is 0 Å². The lowest BCUT2D eigenvalue weighted by Crippen LogP contribution is -1.86. The van der Waals surface area contributed by atoms with Gasteiger partial charge in [-0.05, 0) is 12.5 Å². The average Bonchev–Trinajstić information content (AvgIpc) is 2.62. The summed E-state index contributed by atoms with van der Waals surface area (Å²) in [5, 5.41) is 11.4. The van der Waals surface area contributed by atoms with Crippen molar-refractivity contribution in [3.05, 3.63) is 18.1 Å². The van der Waals surface area contributed by atoms with Crippen molar-refractivity contribution in [2.75, 3.05) is 0 Å². The minimum absolute atomic E-state index is 0.393. The van der Waals surface area contributed by atoms with Crippen LogP contribution in [0.15, 0.2) is 21.6 Å². The molecule has 0 saturated heterocycles. The summed E-state index contributed by atoms with van der Waals surface area (Å²) in [5.74, 6) is 1.30. The van der Waals surface area contributed by atoms with Crippen molar-refractivity contribution in [1.82, 2.24) is 0 Å². The van der Waals surface area contributed by atoms with Crippen LogP contribution in [-0.2, 0) is 9.37 Å². The fraction of sp³-hybridized carbons (Fsp3) is 0.500. The second kappa shape index (κ2) is 5.29. The standard InChI is InChI=1S/C8H12O4S/c1-3-6(2)8-4-7(5-10-8)13-12-11-9/h4-6,9H,3H2,1-2H3. The molecule has 0 fully saturated rings. The normalized spacial score (nSPS) is 13.2. The van der Waals surface area contributed by atoms with Crippen molar-refractivity contribution in [3.63, 3.8) is 0 Å². The summed E-state index contributed by atoms with van der Waals surface area (Å²) in [7, 11) is 0. The van der Waals surface area contributed by atoms with Gasteiger partial charge in [0, 0.05) is 5.92 Å². The van der Waals surface area contributed by atoms with Crippen molar-refractivity contribution in [2.45, 2.75) is 31.1 Å². The molecule has 1 N–H and O–H groups in total. The Kier molecular flexibility index (Phi) is 4.31. The maximum absolute atomic E-state index is 7.92. The second-order valence-electron chi connectivity index (χ2n) is 2.72. The molecule has 1 aromatic rings. The van der Waals surface area contributed by atoms with E-state index in [9.17, 15) is 0 Å². The van der Waals surface area contributed by atoms with Gasteiger partial charge < -0.3 is 4.42 Å². The molecule has 0 aliphatic carbocycles. The molecule has 0 aromatic carbocycles. The molecule has 13 heavy (non-hydrogen) atoms. The first-order valence-electron chi connectivity index (χ1n) is 4.01. The van der Waals surface area contributed by atoms with Gasteiger partial charge in [0.15, 0.2) is 0 Å². The van der Waals surface area contributed by atoms with Crippen molar-refractivity contribution < 1.29 is 19.0 Å². The first-order chi connectivity index (χ1) is 6.27. The van der Waals surface area contributed by atoms with Gasteiger partial charge in [-0.3, -0.25) is 0 Å². The quantitative estimate of drug-likeness (QED) is 0.453. The van der Waals surface area contributed by atoms with E-state index in [1.54, 1.807) is 6.26 Å². The van der Waals surface area contributed by atoms with E-state index in [1.807, 2.05) is 6.07 Å². The van der Waals surface area contributed by atoms with E-state index in [0.717, 1.165) is 29.1 Å². The molecular weight excluding hydrogens is 192 g/mol. The van der Waals surface area contributed by atoms with Crippen molar-refractivity contribution in [2.24, 2.45) is 0 Å². The highest BCUT2D eigenvalue weighted by Crippen LogP contribution is 2.27. The molecule has 1 rings (SSSR count). The fourth-order valence-electron chi connectivity index (χ4n) is 0.892. The van der Waals surface area contributed by atoms with Crippen LogP contribution in [0.1, 0.15) is 31.9 Å². The molecule has 0 bridgehead atoms. The number of furan rings is 1. The monoisotopic (exact) mass is 204 g/mol. The average molecular weight is 204 g/mol. The van der Waals surface area contributed by atoms with Gasteiger partial charge in [0.05, 0.1) is 16.9 Å². The van der Waals surface area contributed by atoms with Crippen LogP contribution in [0.4, 0.5) is 0 Å². The van der Waals surface area contributed by atoms with E-state index in [1.165, 1.54) is 0 Å². The highest BCUT2D eigenvalue weighted by atomic mass is 32.2. The Morgan fingerprint density at radius 3 is 3.08 bits per heavy atom. The largest absolute Gasteiger partial charge is 0.468 e. The maximum Gasteiger partial charge on any atom is 0.107 e. The fourth-order valence-corrected chi connectivity index (χ4v) is 1.25. The van der Waals surface area contributed by atoms with Crippen LogP contribution in [0.25, 0.3) is 0 Å². The van der Waals surface area contributed by atoms with Crippen LogP contribution in [0.5, 0.6) is 0 Å². The summed E-state index contributed by atoms with van der Waals surface area (Å²) in [6, 6.07) is 1.86. The van der Waals surface area contributed by atoms with E-state index >= 15 is 0 Å². The maximum atomic E-state index is 7.92. The first-order valence-corrected chi connectivity index (χ1v) is 4.75. The molecule has 0 radical (unpaired) electrons. The third kappa shape index (κ3) is 3.04. The highest BCUT2D eigenvalue weighted by molar-refractivity contribution is 7.94. The van der Waals surface area contributed by atoms with Gasteiger partial charge in [0.25, 0.3) is 0 Å². The molecule has 0 aliphatic heterocycles. The molecule has 1 heterocycles. The SMILES string of the molecule is CCC(C)c1cc(SOOO)co1. The third-order valence-corrected chi connectivity index (χ3v) is 2.39. The Balaban J connectivity index is 2.53. The van der Waals surface area contributed by atoms with Crippen LogP contribution in [0.3, 0.4) is 0 Å². The summed E-state index contributed by atoms with van der Waals surface area (Å²) in [4.78, 5) is 0.768. The molecule has 0 spiro atoms. The van der Waals surface area contributed by atoms with Crippen LogP contribution in [-0.4, -0.2) is 5.26 Å². The third-order valence-electron chi connectivity index (χ3n) is 1.85. The molecule has 0 aliphatic rings. The van der Waals surface area contributed by atoms with Gasteiger partial charge in [-0.1, -0.05) is 18.9 Å². The van der Waals surface area contributed by atoms with Gasteiger partial charge >= 0.3 is 0 Å². The number of hydrogen-bond acceptors (Lipinski definition) is 5. The smallest absolute Gasteiger partial charge is 0.107 e. The van der Waals surface area contributed by atoms with Crippen LogP contribution < -0.4 is 0 Å². The lowest BCUT2D eigenvalue weighted by atomic mass is 10.1. The van der Waals surface area contributed by atoms with E-state index in [2.05, 4.69) is 23.2 Å². The van der Waals surface area contributed by atoms with E-state index in [0.29, 0.717) is 5.92 Å². The lowest BCUT2D eigenvalue weighted by molar-refractivity contribution is -0.432. The predicted octanol–water partition coefficient (Wildman–Crippen LogP) is 3.22. The lowest BCUT2D eigenvalue weighted by Gasteiger charge is -2.01. The zero-order valence-electron chi connectivity index (χ0n) is 7.52. The summed E-state index contributed by atoms with van der Waals surface area (Å²) in [6.07, 6.45) is 2.58. The molecule has 0 amide bonds. The summed E-state index contributed by atoms with van der Waals surface area (Å²) >= 11 is 0.903. The van der Waals surface area contributed by atoms with Crippen molar-refractivity contribution in [1.29, 1.82) is 0 Å². The summed E-state index contributed by atoms with van der Waals surface area (Å²) in [6.45, 7) is 4.17. The zero-order chi connectivity index (χ0) is 9.68. The van der Waals surface area contributed by atoms with E-state index in [4.69, 9.17) is 9.67 Å². The van der Waals surface area contributed by atoms with Crippen molar-refractivity contribution >= 4 is 12.0 Å². The van der Waals surface area contributed by atoms with Crippen LogP contribution >= 0.6 is 12.0 Å². The molecule has 1 atom stereocenters. The Labute approximate surface area is 80.9 Å². The van der Waals surface area contributed by atoms with E-state index in [-0.39, 0.29) is 0 Å². The van der Waals surface area contributed by atoms with E-state index < -0.39 is 0 Å². The molecular formula is C8H12O4S. The summed E-state index contributed by atoms with van der Waals surface area (Å²) in [5.41, 5.74) is 0. The number of hydrogen-bond donors (Lipinski definition) is 1. The highest BCUT2D eigenvalue weighted by Gasteiger charge is 2.09. The molecule has 1 unspecified atom stereocenters. The second-order valence-corrected chi connectivity index (χ2v) is 3.49. The first kappa shape index (κ1) is 10.6. The summed E-state index contributed by atoms with van der Waals surface area (Å²) < 4.78 is 9.53. The van der Waals surface area contributed by atoms with Gasteiger partial charge in [-0.15, -0.1) is 4.33 Å². The Morgan fingerprint density at radius 2 is 2.46 bits per heavy atom. The Bertz CT molecular complexity index is 248. The van der Waals surface area contributed by atoms with Gasteiger partial charge in [0.1, 0.15) is 12.0 Å². The molecule has 0 saturated carbocycles. The Hall–Kier alpha value is -0.490. The molecule has 5 heteroatoms.